The van der Waals surface area contributed by atoms with Crippen molar-refractivity contribution in [3.8, 4) is 11.5 Å². The number of hydrogen-bond donors (Lipinski definition) is 1. The summed E-state index contributed by atoms with van der Waals surface area (Å²) in [5.41, 5.74) is 1.46. The second-order valence-corrected chi connectivity index (χ2v) is 6.77. The Morgan fingerprint density at radius 3 is 2.48 bits per heavy atom. The normalized spacial score (nSPS) is 11.5. The summed E-state index contributed by atoms with van der Waals surface area (Å²) < 4.78 is 12.1. The SMILES string of the molecule is CCOc1ccc(C(=O)C(C)Nc2nc3c(OCC)cccc3s2)cc1.[Br-]. The Bertz CT molecular complexity index is 896. The second-order valence-electron chi connectivity index (χ2n) is 5.74. The molecule has 2 aromatic carbocycles. The molecule has 0 aliphatic rings. The third-order valence-corrected chi connectivity index (χ3v) is 4.82. The molecule has 0 amide bonds. The molecule has 5 nitrogen and oxygen atoms in total. The molecule has 3 aromatic rings. The predicted octanol–water partition coefficient (Wildman–Crippen LogP) is 1.78. The Labute approximate surface area is 173 Å². The van der Waals surface area contributed by atoms with Gasteiger partial charge in [0, 0.05) is 5.56 Å². The number of anilines is 1. The molecule has 0 bridgehead atoms. The maximum absolute atomic E-state index is 12.7. The fraction of sp³-hybridized carbons (Fsp3) is 0.300. The number of nitrogens with one attached hydrogen (secondary N) is 1. The van der Waals surface area contributed by atoms with E-state index in [-0.39, 0.29) is 28.8 Å². The average molecular weight is 450 g/mol. The lowest BCUT2D eigenvalue weighted by molar-refractivity contribution is -0.0000138. The molecule has 0 radical (unpaired) electrons. The van der Waals surface area contributed by atoms with Crippen LogP contribution in [0.1, 0.15) is 31.1 Å². The molecule has 1 atom stereocenters. The second kappa shape index (κ2) is 9.71. The van der Waals surface area contributed by atoms with Crippen molar-refractivity contribution >= 4 is 32.5 Å². The molecule has 1 N–H and O–H groups in total. The standard InChI is InChI=1S/C20H22N2O3S.BrH/c1-4-24-15-11-9-14(10-12-15)19(23)13(3)21-20-22-18-16(25-5-2)7-6-8-17(18)26-20;/h6-13H,4-5H2,1-3H3,(H,21,22);1H/p-1. The summed E-state index contributed by atoms with van der Waals surface area (Å²) in [6, 6.07) is 12.7. The number of halogens is 1. The lowest BCUT2D eigenvalue weighted by Gasteiger charge is -2.12. The minimum atomic E-state index is -0.385. The van der Waals surface area contributed by atoms with Crippen LogP contribution in [0.4, 0.5) is 5.13 Å². The van der Waals surface area contributed by atoms with Crippen LogP contribution in [-0.4, -0.2) is 30.0 Å². The van der Waals surface area contributed by atoms with E-state index < -0.39 is 0 Å². The fourth-order valence-corrected chi connectivity index (χ4v) is 3.61. The van der Waals surface area contributed by atoms with Gasteiger partial charge in [0.1, 0.15) is 17.0 Å². The summed E-state index contributed by atoms with van der Waals surface area (Å²) in [6.07, 6.45) is 0. The van der Waals surface area contributed by atoms with Gasteiger partial charge in [0.05, 0.1) is 24.0 Å². The van der Waals surface area contributed by atoms with Crippen LogP contribution < -0.4 is 31.8 Å². The Kier molecular flexibility index (Phi) is 7.62. The number of ether oxygens (including phenoxy) is 2. The van der Waals surface area contributed by atoms with Gasteiger partial charge in [-0.3, -0.25) is 4.79 Å². The van der Waals surface area contributed by atoms with Crippen molar-refractivity contribution < 1.29 is 31.2 Å². The lowest BCUT2D eigenvalue weighted by atomic mass is 10.1. The van der Waals surface area contributed by atoms with Gasteiger partial charge in [0.2, 0.25) is 0 Å². The Morgan fingerprint density at radius 2 is 1.81 bits per heavy atom. The lowest BCUT2D eigenvalue weighted by Crippen LogP contribution is -3.00. The average Bonchev–Trinajstić information content (AvgIpc) is 3.06. The zero-order chi connectivity index (χ0) is 18.5. The van der Waals surface area contributed by atoms with Gasteiger partial charge in [0.25, 0.3) is 0 Å². The number of Topliss-reactive ketones (excluding diaryl/α,β-unsaturated/α-hetero) is 1. The van der Waals surface area contributed by atoms with Crippen LogP contribution in [0.15, 0.2) is 42.5 Å². The summed E-state index contributed by atoms with van der Waals surface area (Å²) in [5, 5.41) is 3.92. The molecule has 0 saturated carbocycles. The van der Waals surface area contributed by atoms with Crippen LogP contribution in [0.5, 0.6) is 11.5 Å². The number of rotatable bonds is 8. The molecule has 0 saturated heterocycles. The highest BCUT2D eigenvalue weighted by Crippen LogP contribution is 2.32. The summed E-state index contributed by atoms with van der Waals surface area (Å²) in [7, 11) is 0. The zero-order valence-corrected chi connectivity index (χ0v) is 17.9. The third-order valence-electron chi connectivity index (χ3n) is 3.86. The highest BCUT2D eigenvalue weighted by molar-refractivity contribution is 7.22. The zero-order valence-electron chi connectivity index (χ0n) is 15.5. The van der Waals surface area contributed by atoms with Crippen molar-refractivity contribution in [3.05, 3.63) is 48.0 Å². The van der Waals surface area contributed by atoms with Gasteiger partial charge in [-0.25, -0.2) is 4.98 Å². The molecule has 7 heteroatoms. The first-order valence-electron chi connectivity index (χ1n) is 8.68. The number of carbonyl (C=O) groups excluding carboxylic acids is 1. The Morgan fingerprint density at radius 1 is 1.11 bits per heavy atom. The Balaban J connectivity index is 0.00000261. The maximum Gasteiger partial charge on any atom is 0.184 e. The molecule has 0 spiro atoms. The van der Waals surface area contributed by atoms with E-state index in [1.807, 2.05) is 51.1 Å². The van der Waals surface area contributed by atoms with Gasteiger partial charge in [-0.05, 0) is 57.2 Å². The maximum atomic E-state index is 12.7. The van der Waals surface area contributed by atoms with E-state index in [0.29, 0.717) is 23.9 Å². The number of thiazole rings is 1. The number of benzene rings is 2. The van der Waals surface area contributed by atoms with Crippen LogP contribution in [0.2, 0.25) is 0 Å². The molecule has 1 aromatic heterocycles. The molecule has 3 rings (SSSR count). The van der Waals surface area contributed by atoms with Crippen molar-refractivity contribution in [2.75, 3.05) is 18.5 Å². The van der Waals surface area contributed by atoms with Crippen LogP contribution in [0.3, 0.4) is 0 Å². The first-order chi connectivity index (χ1) is 12.6. The van der Waals surface area contributed by atoms with Gasteiger partial charge >= 0.3 is 0 Å². The summed E-state index contributed by atoms with van der Waals surface area (Å²) in [4.78, 5) is 17.2. The van der Waals surface area contributed by atoms with Crippen LogP contribution in [0.25, 0.3) is 10.2 Å². The van der Waals surface area contributed by atoms with E-state index in [1.54, 1.807) is 12.1 Å². The van der Waals surface area contributed by atoms with E-state index in [1.165, 1.54) is 11.3 Å². The number of ketones is 1. The van der Waals surface area contributed by atoms with Crippen molar-refractivity contribution in [1.82, 2.24) is 4.98 Å². The van der Waals surface area contributed by atoms with E-state index in [4.69, 9.17) is 9.47 Å². The molecule has 27 heavy (non-hydrogen) atoms. The first-order valence-corrected chi connectivity index (χ1v) is 9.50. The molecule has 0 aliphatic carbocycles. The van der Waals surface area contributed by atoms with Gasteiger partial charge in [-0.15, -0.1) is 0 Å². The van der Waals surface area contributed by atoms with Crippen LogP contribution in [0, 0.1) is 0 Å². The van der Waals surface area contributed by atoms with Crippen molar-refractivity contribution in [2.45, 2.75) is 26.8 Å². The number of nitrogens with zero attached hydrogens (tertiary/aromatic N) is 1. The summed E-state index contributed by atoms with van der Waals surface area (Å²) in [5.74, 6) is 1.54. The van der Waals surface area contributed by atoms with Crippen molar-refractivity contribution in [3.63, 3.8) is 0 Å². The topological polar surface area (TPSA) is 60.5 Å². The van der Waals surface area contributed by atoms with Crippen molar-refractivity contribution in [2.24, 2.45) is 0 Å². The van der Waals surface area contributed by atoms with E-state index in [0.717, 1.165) is 21.7 Å². The number of hydrogen-bond acceptors (Lipinski definition) is 6. The predicted molar refractivity (Wildman–Crippen MR) is 106 cm³/mol. The fourth-order valence-electron chi connectivity index (χ4n) is 2.64. The van der Waals surface area contributed by atoms with E-state index in [9.17, 15) is 4.79 Å². The first kappa shape index (κ1) is 21.2. The van der Waals surface area contributed by atoms with Gasteiger partial charge in [-0.2, -0.15) is 0 Å². The quantitative estimate of drug-likeness (QED) is 0.531. The van der Waals surface area contributed by atoms with E-state index in [2.05, 4.69) is 10.3 Å². The Hall–Kier alpha value is -2.12. The largest absolute Gasteiger partial charge is 1.00 e. The number of fused-ring (bicyclic) bond motifs is 1. The molecule has 144 valence electrons. The summed E-state index contributed by atoms with van der Waals surface area (Å²) >= 11 is 1.51. The van der Waals surface area contributed by atoms with Crippen LogP contribution in [-0.2, 0) is 0 Å². The summed E-state index contributed by atoms with van der Waals surface area (Å²) in [6.45, 7) is 6.91. The van der Waals surface area contributed by atoms with Gasteiger partial charge in [0.15, 0.2) is 10.9 Å². The number of aromatic nitrogens is 1. The highest BCUT2D eigenvalue weighted by atomic mass is 79.9. The van der Waals surface area contributed by atoms with Gasteiger partial charge in [-0.1, -0.05) is 17.4 Å². The minimum absolute atomic E-state index is 0. The van der Waals surface area contributed by atoms with E-state index >= 15 is 0 Å². The molecule has 0 fully saturated rings. The number of para-hydroxylation sites is 1. The third kappa shape index (κ3) is 4.99. The number of carbonyl (C=O) groups is 1. The smallest absolute Gasteiger partial charge is 0.184 e. The highest BCUT2D eigenvalue weighted by Gasteiger charge is 2.17. The molecule has 1 heterocycles. The molecular formula is C20H22BrN2O3S-. The van der Waals surface area contributed by atoms with Crippen LogP contribution >= 0.6 is 11.3 Å². The van der Waals surface area contributed by atoms with Crippen molar-refractivity contribution in [1.29, 1.82) is 0 Å². The molecule has 0 aliphatic heterocycles. The molecular weight excluding hydrogens is 428 g/mol. The monoisotopic (exact) mass is 449 g/mol. The molecule has 1 unspecified atom stereocenters. The van der Waals surface area contributed by atoms with Gasteiger partial charge < -0.3 is 31.8 Å². The minimum Gasteiger partial charge on any atom is -1.00 e.